The fourth-order valence-corrected chi connectivity index (χ4v) is 5.17. The first-order valence-corrected chi connectivity index (χ1v) is 12.3. The largest absolute Gasteiger partial charge is 0.507 e. The molecule has 0 spiro atoms. The normalized spacial score (nSPS) is 17.4. The number of carbonyl (C=O) groups is 1. The van der Waals surface area contributed by atoms with Crippen LogP contribution in [-0.4, -0.2) is 31.8 Å². The monoisotopic (exact) mass is 502 g/mol. The zero-order valence-electron chi connectivity index (χ0n) is 21.3. The van der Waals surface area contributed by atoms with Crippen LogP contribution in [0.2, 0.25) is 0 Å². The minimum Gasteiger partial charge on any atom is -0.507 e. The van der Waals surface area contributed by atoms with Crippen LogP contribution in [0.4, 0.5) is 0 Å². The first-order valence-electron chi connectivity index (χ1n) is 12.3. The highest BCUT2D eigenvalue weighted by molar-refractivity contribution is 6.01. The molecule has 0 fully saturated rings. The molecule has 1 unspecified atom stereocenters. The molecule has 0 aromatic heterocycles. The molecule has 0 saturated heterocycles. The molecular formula is C30H30O7. The fourth-order valence-electron chi connectivity index (χ4n) is 5.17. The molecule has 1 atom stereocenters. The van der Waals surface area contributed by atoms with Gasteiger partial charge in [0.2, 0.25) is 0 Å². The van der Waals surface area contributed by atoms with Crippen molar-refractivity contribution in [1.29, 1.82) is 0 Å². The van der Waals surface area contributed by atoms with Gasteiger partial charge in [-0.3, -0.25) is 4.79 Å². The molecule has 4 N–H and O–H groups in total. The van der Waals surface area contributed by atoms with Crippen LogP contribution in [0, 0.1) is 6.92 Å². The summed E-state index contributed by atoms with van der Waals surface area (Å²) in [5, 5.41) is 43.6. The van der Waals surface area contributed by atoms with Gasteiger partial charge < -0.3 is 29.9 Å². The Kier molecular flexibility index (Phi) is 5.82. The molecule has 2 aliphatic rings. The Morgan fingerprint density at radius 1 is 0.973 bits per heavy atom. The molecule has 192 valence electrons. The lowest BCUT2D eigenvalue weighted by Crippen LogP contribution is -2.29. The number of rotatable bonds is 4. The predicted octanol–water partition coefficient (Wildman–Crippen LogP) is 5.86. The van der Waals surface area contributed by atoms with Crippen molar-refractivity contribution in [1.82, 2.24) is 0 Å². The van der Waals surface area contributed by atoms with Crippen molar-refractivity contribution in [2.75, 3.05) is 0 Å². The van der Waals surface area contributed by atoms with Gasteiger partial charge in [-0.25, -0.2) is 0 Å². The molecule has 0 radical (unpaired) electrons. The highest BCUT2D eigenvalue weighted by Gasteiger charge is 2.36. The van der Waals surface area contributed by atoms with Crippen LogP contribution < -0.4 is 9.47 Å². The van der Waals surface area contributed by atoms with Gasteiger partial charge in [0.1, 0.15) is 51.8 Å². The molecule has 7 heteroatoms. The summed E-state index contributed by atoms with van der Waals surface area (Å²) in [5.41, 5.74) is 1.85. The van der Waals surface area contributed by atoms with E-state index in [2.05, 4.69) is 0 Å². The molecule has 5 rings (SSSR count). The quantitative estimate of drug-likeness (QED) is 0.330. The Balaban J connectivity index is 1.74. The van der Waals surface area contributed by atoms with Crippen LogP contribution in [0.5, 0.6) is 34.5 Å². The number of carbonyl (C=O) groups excluding carboxylic acids is 1. The molecule has 2 aliphatic heterocycles. The Bertz CT molecular complexity index is 1450. The summed E-state index contributed by atoms with van der Waals surface area (Å²) in [6.45, 7) is 6.48. The number of Topliss-reactive ketones (excluding diaryl/α,β-unsaturated/α-hetero) is 1. The molecule has 37 heavy (non-hydrogen) atoms. The average molecular weight is 503 g/mol. The van der Waals surface area contributed by atoms with E-state index in [9.17, 15) is 25.2 Å². The lowest BCUT2D eigenvalue weighted by atomic mass is 9.87. The highest BCUT2D eigenvalue weighted by atomic mass is 16.5. The zero-order valence-corrected chi connectivity index (χ0v) is 21.3. The van der Waals surface area contributed by atoms with Gasteiger partial charge in [-0.1, -0.05) is 30.3 Å². The highest BCUT2D eigenvalue weighted by Crippen LogP contribution is 2.53. The minimum absolute atomic E-state index is 0.0601. The lowest BCUT2D eigenvalue weighted by Gasteiger charge is -2.35. The van der Waals surface area contributed by atoms with Crippen LogP contribution in [0.25, 0.3) is 6.08 Å². The van der Waals surface area contributed by atoms with Crippen molar-refractivity contribution in [3.63, 3.8) is 0 Å². The van der Waals surface area contributed by atoms with Gasteiger partial charge in [0.15, 0.2) is 5.78 Å². The van der Waals surface area contributed by atoms with Gasteiger partial charge in [-0.15, -0.1) is 0 Å². The molecule has 3 aromatic rings. The van der Waals surface area contributed by atoms with Crippen molar-refractivity contribution in [2.24, 2.45) is 0 Å². The molecule has 2 heterocycles. The summed E-state index contributed by atoms with van der Waals surface area (Å²) in [6.07, 6.45) is 4.54. The second-order valence-corrected chi connectivity index (χ2v) is 10.2. The van der Waals surface area contributed by atoms with Gasteiger partial charge in [-0.2, -0.15) is 0 Å². The molecule has 0 bridgehead atoms. The minimum atomic E-state index is -0.685. The maximum absolute atomic E-state index is 12.3. The molecule has 0 amide bonds. The van der Waals surface area contributed by atoms with Crippen molar-refractivity contribution in [3.8, 4) is 34.5 Å². The van der Waals surface area contributed by atoms with Crippen LogP contribution in [-0.2, 0) is 12.8 Å². The van der Waals surface area contributed by atoms with Crippen molar-refractivity contribution >= 4 is 11.9 Å². The van der Waals surface area contributed by atoms with Gasteiger partial charge in [0, 0.05) is 28.7 Å². The number of phenolic OH excluding ortho intramolecular Hbond substituents is 4. The number of hydrogen-bond acceptors (Lipinski definition) is 7. The molecule has 7 nitrogen and oxygen atoms in total. The van der Waals surface area contributed by atoms with Crippen molar-refractivity contribution in [2.45, 2.75) is 58.7 Å². The number of benzene rings is 3. The van der Waals surface area contributed by atoms with Gasteiger partial charge in [0.25, 0.3) is 0 Å². The summed E-state index contributed by atoms with van der Waals surface area (Å²) in [6, 6.07) is 9.77. The van der Waals surface area contributed by atoms with Crippen LogP contribution in [0.15, 0.2) is 36.4 Å². The lowest BCUT2D eigenvalue weighted by molar-refractivity contribution is 0.101. The van der Waals surface area contributed by atoms with E-state index in [1.807, 2.05) is 56.3 Å². The number of fused-ring (bicyclic) bond motifs is 2. The number of aromatic hydroxyl groups is 4. The number of ether oxygens (including phenoxy) is 2. The van der Waals surface area contributed by atoms with E-state index in [-0.39, 0.29) is 40.7 Å². The van der Waals surface area contributed by atoms with Crippen molar-refractivity contribution < 1.29 is 34.7 Å². The average Bonchev–Trinajstić information content (AvgIpc) is 2.86. The van der Waals surface area contributed by atoms with E-state index in [0.29, 0.717) is 41.0 Å². The summed E-state index contributed by atoms with van der Waals surface area (Å²) >= 11 is 0. The molecule has 0 aliphatic carbocycles. The Labute approximate surface area is 215 Å². The SMILES string of the molecule is CC(=O)c1c(O)c(C)c(O)c(Cc2c3c(c(O)c4c2OC(c2ccccc2)CC4)C=CC(C)(C)O3)c1O. The topological polar surface area (TPSA) is 116 Å². The number of ketones is 1. The molecule has 3 aromatic carbocycles. The maximum atomic E-state index is 12.3. The third-order valence-electron chi connectivity index (χ3n) is 7.17. The zero-order chi connectivity index (χ0) is 26.6. The Morgan fingerprint density at radius 3 is 2.35 bits per heavy atom. The van der Waals surface area contributed by atoms with E-state index in [0.717, 1.165) is 5.56 Å². The maximum Gasteiger partial charge on any atom is 0.167 e. The van der Waals surface area contributed by atoms with E-state index in [4.69, 9.17) is 9.47 Å². The smallest absolute Gasteiger partial charge is 0.167 e. The predicted molar refractivity (Wildman–Crippen MR) is 139 cm³/mol. The van der Waals surface area contributed by atoms with E-state index in [1.165, 1.54) is 13.8 Å². The summed E-state index contributed by atoms with van der Waals surface area (Å²) < 4.78 is 12.8. The fraction of sp³-hybridized carbons (Fsp3) is 0.300. The molecule has 0 saturated carbocycles. The second kappa shape index (κ2) is 8.76. The number of phenols is 4. The standard InChI is InChI=1S/C30H30O7/c1-15-24(32)20(27(35)23(16(2)31)25(15)33)14-21-28-18(10-11-22(36-28)17-8-6-5-7-9-17)26(34)19-12-13-30(3,4)37-29(19)21/h5-9,12-13,22,32-35H,10-11,14H2,1-4H3. The third-order valence-corrected chi connectivity index (χ3v) is 7.17. The second-order valence-electron chi connectivity index (χ2n) is 10.2. The summed E-state index contributed by atoms with van der Waals surface area (Å²) in [7, 11) is 0. The van der Waals surface area contributed by atoms with Crippen LogP contribution >= 0.6 is 0 Å². The van der Waals surface area contributed by atoms with Crippen molar-refractivity contribution in [3.05, 3.63) is 75.4 Å². The van der Waals surface area contributed by atoms with E-state index >= 15 is 0 Å². The first kappa shape index (κ1) is 24.6. The van der Waals surface area contributed by atoms with Crippen LogP contribution in [0.1, 0.15) is 77.0 Å². The third kappa shape index (κ3) is 4.04. The van der Waals surface area contributed by atoms with Gasteiger partial charge in [-0.05, 0) is 58.3 Å². The van der Waals surface area contributed by atoms with E-state index < -0.39 is 22.9 Å². The Morgan fingerprint density at radius 2 is 1.68 bits per heavy atom. The molecular weight excluding hydrogens is 472 g/mol. The summed E-state index contributed by atoms with van der Waals surface area (Å²) in [5.74, 6) is -0.924. The van der Waals surface area contributed by atoms with Crippen LogP contribution in [0.3, 0.4) is 0 Å². The van der Waals surface area contributed by atoms with E-state index in [1.54, 1.807) is 0 Å². The Hall–Kier alpha value is -4.13. The van der Waals surface area contributed by atoms with Gasteiger partial charge in [0.05, 0.1) is 5.56 Å². The van der Waals surface area contributed by atoms with Gasteiger partial charge >= 0.3 is 0 Å². The first-order chi connectivity index (χ1) is 17.5. The number of hydrogen-bond donors (Lipinski definition) is 4. The summed E-state index contributed by atoms with van der Waals surface area (Å²) in [4.78, 5) is 12.3.